The third-order valence-corrected chi connectivity index (χ3v) is 6.72. The number of anilines is 1. The molecular formula is C30H38N4O3. The molecule has 7 nitrogen and oxygen atoms in total. The maximum Gasteiger partial charge on any atom is 0.252 e. The van der Waals surface area contributed by atoms with Crippen LogP contribution in [0.3, 0.4) is 0 Å². The van der Waals surface area contributed by atoms with Crippen LogP contribution in [0.25, 0.3) is 11.1 Å². The van der Waals surface area contributed by atoms with Crippen molar-refractivity contribution in [3.63, 3.8) is 0 Å². The van der Waals surface area contributed by atoms with Crippen molar-refractivity contribution in [2.45, 2.75) is 52.1 Å². The number of hydrogen-bond acceptors (Lipinski definition) is 6. The third kappa shape index (κ3) is 7.60. The lowest BCUT2D eigenvalue weighted by Gasteiger charge is -2.30. The van der Waals surface area contributed by atoms with E-state index in [1.807, 2.05) is 36.4 Å². The van der Waals surface area contributed by atoms with Crippen LogP contribution in [0.15, 0.2) is 61.2 Å². The Hall–Kier alpha value is -3.29. The van der Waals surface area contributed by atoms with Gasteiger partial charge in [-0.15, -0.1) is 0 Å². The van der Waals surface area contributed by atoms with E-state index in [1.165, 1.54) is 18.4 Å². The Bertz CT molecular complexity index is 1120. The number of nitrogens with zero attached hydrogens (tertiary/aromatic N) is 4. The largest absolute Gasteiger partial charge is 0.494 e. The van der Waals surface area contributed by atoms with Gasteiger partial charge in [0.05, 0.1) is 6.61 Å². The molecule has 0 unspecified atom stereocenters. The topological polar surface area (TPSA) is 67.8 Å². The van der Waals surface area contributed by atoms with E-state index in [-0.39, 0.29) is 12.5 Å². The Morgan fingerprint density at radius 1 is 0.919 bits per heavy atom. The summed E-state index contributed by atoms with van der Waals surface area (Å²) in [6.07, 6.45) is 10.8. The van der Waals surface area contributed by atoms with E-state index in [9.17, 15) is 4.79 Å². The summed E-state index contributed by atoms with van der Waals surface area (Å²) in [5, 5.41) is 0. The number of amides is 1. The molecule has 7 heteroatoms. The van der Waals surface area contributed by atoms with Crippen molar-refractivity contribution < 1.29 is 14.3 Å². The van der Waals surface area contributed by atoms with Crippen molar-refractivity contribution in [2.75, 3.05) is 38.3 Å². The summed E-state index contributed by atoms with van der Waals surface area (Å²) in [6, 6.07) is 14.7. The van der Waals surface area contributed by atoms with E-state index in [4.69, 9.17) is 9.47 Å². The normalized spacial score (nSPS) is 15.4. The second-order valence-corrected chi connectivity index (χ2v) is 9.50. The summed E-state index contributed by atoms with van der Waals surface area (Å²) in [7, 11) is 1.58. The van der Waals surface area contributed by atoms with Gasteiger partial charge in [-0.05, 0) is 67.3 Å². The van der Waals surface area contributed by atoms with Gasteiger partial charge in [0.15, 0.2) is 0 Å². The highest BCUT2D eigenvalue weighted by Crippen LogP contribution is 2.30. The molecule has 0 N–H and O–H groups in total. The van der Waals surface area contributed by atoms with E-state index < -0.39 is 0 Å². The lowest BCUT2D eigenvalue weighted by molar-refractivity contribution is -0.122. The molecule has 0 atom stereocenters. The molecule has 0 fully saturated rings. The molecule has 1 aliphatic heterocycles. The van der Waals surface area contributed by atoms with Gasteiger partial charge in [0, 0.05) is 50.4 Å². The molecule has 4 rings (SSSR count). The van der Waals surface area contributed by atoms with Crippen molar-refractivity contribution in [2.24, 2.45) is 0 Å². The summed E-state index contributed by atoms with van der Waals surface area (Å²) in [4.78, 5) is 26.0. The number of methoxy groups -OCH3 is 1. The standard InChI is InChI=1S/C30H38N4O3/c1-3-37-28-12-9-24(10-13-28)20-33-15-7-5-4-6-8-16-34(30(35)22-36-2)29-14-11-25(17-26(29)21-33)27-18-31-23-32-19-27/h9-14,17-19,23H,3-8,15-16,20-22H2,1-2H3. The van der Waals surface area contributed by atoms with Gasteiger partial charge in [0.25, 0.3) is 5.91 Å². The van der Waals surface area contributed by atoms with E-state index >= 15 is 0 Å². The molecule has 0 bridgehead atoms. The van der Waals surface area contributed by atoms with Gasteiger partial charge in [-0.2, -0.15) is 0 Å². The predicted octanol–water partition coefficient (Wildman–Crippen LogP) is 5.49. The summed E-state index contributed by atoms with van der Waals surface area (Å²) in [6.45, 7) is 5.99. The van der Waals surface area contributed by atoms with Crippen molar-refractivity contribution in [3.05, 3.63) is 72.3 Å². The summed E-state index contributed by atoms with van der Waals surface area (Å²) >= 11 is 0. The molecule has 1 aromatic heterocycles. The highest BCUT2D eigenvalue weighted by atomic mass is 16.5. The van der Waals surface area contributed by atoms with Crippen LogP contribution in [-0.2, 0) is 22.6 Å². The van der Waals surface area contributed by atoms with E-state index in [2.05, 4.69) is 45.2 Å². The SMILES string of the molecule is CCOc1ccc(CN2CCCCCCCN(C(=O)COC)c3ccc(-c4cncnc4)cc3C2)cc1. The van der Waals surface area contributed by atoms with Crippen LogP contribution in [0, 0.1) is 0 Å². The Morgan fingerprint density at radius 3 is 2.38 bits per heavy atom. The minimum atomic E-state index is -0.00494. The monoisotopic (exact) mass is 502 g/mol. The quantitative estimate of drug-likeness (QED) is 0.426. The number of benzene rings is 2. The molecule has 196 valence electrons. The molecule has 0 spiro atoms. The van der Waals surface area contributed by atoms with Crippen LogP contribution in [0.2, 0.25) is 0 Å². The average Bonchev–Trinajstić information content (AvgIpc) is 2.91. The lowest BCUT2D eigenvalue weighted by atomic mass is 10.0. The number of rotatable bonds is 7. The number of aromatic nitrogens is 2. The molecule has 0 saturated heterocycles. The molecule has 3 aromatic rings. The predicted molar refractivity (Wildman–Crippen MR) is 147 cm³/mol. The average molecular weight is 503 g/mol. The number of carbonyl (C=O) groups excluding carboxylic acids is 1. The molecule has 0 radical (unpaired) electrons. The zero-order valence-electron chi connectivity index (χ0n) is 22.1. The van der Waals surface area contributed by atoms with Crippen LogP contribution in [0.4, 0.5) is 5.69 Å². The molecule has 2 aromatic carbocycles. The highest BCUT2D eigenvalue weighted by Gasteiger charge is 2.21. The fourth-order valence-electron chi connectivity index (χ4n) is 4.89. The van der Waals surface area contributed by atoms with Crippen LogP contribution >= 0.6 is 0 Å². The maximum absolute atomic E-state index is 13.1. The first-order valence-corrected chi connectivity index (χ1v) is 13.3. The number of fused-ring (bicyclic) bond motifs is 1. The van der Waals surface area contributed by atoms with Crippen molar-refractivity contribution >= 4 is 11.6 Å². The first-order valence-electron chi connectivity index (χ1n) is 13.3. The van der Waals surface area contributed by atoms with Crippen molar-refractivity contribution in [1.82, 2.24) is 14.9 Å². The summed E-state index contributed by atoms with van der Waals surface area (Å²) in [5.74, 6) is 0.891. The minimum absolute atomic E-state index is 0.00494. The zero-order chi connectivity index (χ0) is 25.9. The van der Waals surface area contributed by atoms with Gasteiger partial charge in [-0.25, -0.2) is 9.97 Å². The van der Waals surface area contributed by atoms with Gasteiger partial charge in [-0.3, -0.25) is 9.69 Å². The Labute approximate surface area is 220 Å². The van der Waals surface area contributed by atoms with Gasteiger partial charge in [0.1, 0.15) is 18.7 Å². The summed E-state index contributed by atoms with van der Waals surface area (Å²) in [5.41, 5.74) is 5.34. The Kier molecular flexibility index (Phi) is 10.0. The van der Waals surface area contributed by atoms with E-state index in [0.29, 0.717) is 13.2 Å². The van der Waals surface area contributed by atoms with Gasteiger partial charge in [0.2, 0.25) is 0 Å². The highest BCUT2D eigenvalue weighted by molar-refractivity contribution is 5.95. The second-order valence-electron chi connectivity index (χ2n) is 9.50. The van der Waals surface area contributed by atoms with Gasteiger partial charge < -0.3 is 14.4 Å². The second kappa shape index (κ2) is 13.9. The third-order valence-electron chi connectivity index (χ3n) is 6.72. The fraction of sp³-hybridized carbons (Fsp3) is 0.433. The van der Waals surface area contributed by atoms with Crippen molar-refractivity contribution in [1.29, 1.82) is 0 Å². The van der Waals surface area contributed by atoms with Gasteiger partial charge in [-0.1, -0.05) is 37.5 Å². The smallest absolute Gasteiger partial charge is 0.252 e. The maximum atomic E-state index is 13.1. The number of ether oxygens (including phenoxy) is 2. The van der Waals surface area contributed by atoms with Crippen molar-refractivity contribution in [3.8, 4) is 16.9 Å². The Morgan fingerprint density at radius 2 is 1.65 bits per heavy atom. The summed E-state index contributed by atoms with van der Waals surface area (Å²) < 4.78 is 10.9. The lowest BCUT2D eigenvalue weighted by Crippen LogP contribution is -2.36. The molecule has 1 amide bonds. The van der Waals surface area contributed by atoms with Crippen LogP contribution < -0.4 is 9.64 Å². The molecule has 0 saturated carbocycles. The van der Waals surface area contributed by atoms with Crippen LogP contribution in [-0.4, -0.2) is 54.2 Å². The van der Waals surface area contributed by atoms with E-state index in [0.717, 1.165) is 67.0 Å². The van der Waals surface area contributed by atoms with Crippen LogP contribution in [0.5, 0.6) is 5.75 Å². The molecule has 2 heterocycles. The number of carbonyl (C=O) groups is 1. The first-order chi connectivity index (χ1) is 18.2. The minimum Gasteiger partial charge on any atom is -0.494 e. The Balaban J connectivity index is 1.69. The molecule has 1 aliphatic rings. The number of hydrogen-bond donors (Lipinski definition) is 0. The van der Waals surface area contributed by atoms with E-state index in [1.54, 1.807) is 13.4 Å². The van der Waals surface area contributed by atoms with Crippen LogP contribution in [0.1, 0.15) is 50.2 Å². The van der Waals surface area contributed by atoms with Gasteiger partial charge >= 0.3 is 0 Å². The fourth-order valence-corrected chi connectivity index (χ4v) is 4.89. The molecule has 37 heavy (non-hydrogen) atoms. The molecule has 0 aliphatic carbocycles. The first kappa shape index (κ1) is 26.8. The zero-order valence-corrected chi connectivity index (χ0v) is 22.1. The molecular weight excluding hydrogens is 464 g/mol.